The highest BCUT2D eigenvalue weighted by atomic mass is 35.9. The lowest BCUT2D eigenvalue weighted by Crippen LogP contribution is -2.27. The van der Waals surface area contributed by atoms with Crippen LogP contribution in [0.15, 0.2) is 12.1 Å². The van der Waals surface area contributed by atoms with Crippen molar-refractivity contribution < 1.29 is 39.5 Å². The molecule has 21 heavy (non-hydrogen) atoms. The molecule has 0 heterocycles. The molecule has 0 N–H and O–H groups in total. The van der Waals surface area contributed by atoms with Gasteiger partial charge in [0.05, 0.1) is 16.7 Å². The van der Waals surface area contributed by atoms with Crippen LogP contribution in [0, 0.1) is 0 Å². The summed E-state index contributed by atoms with van der Waals surface area (Å²) in [6, 6.07) is -0.880. The zero-order valence-electron chi connectivity index (χ0n) is 9.26. The van der Waals surface area contributed by atoms with Gasteiger partial charge in [-0.05, 0) is 12.1 Å². The molecule has 0 aliphatic rings. The molecule has 0 saturated carbocycles. The van der Waals surface area contributed by atoms with Crippen LogP contribution < -0.4 is 5.30 Å². The average Bonchev–Trinajstić information content (AvgIpc) is 2.23. The van der Waals surface area contributed by atoms with Crippen molar-refractivity contribution in [2.24, 2.45) is 0 Å². The molecule has 0 aliphatic heterocycles. The van der Waals surface area contributed by atoms with Crippen molar-refractivity contribution in [3.8, 4) is 0 Å². The average molecular weight is 383 g/mol. The van der Waals surface area contributed by atoms with E-state index in [9.17, 15) is 39.5 Å². The molecule has 0 aliphatic carbocycles. The normalized spacial score (nSPS) is 13.9. The molecule has 0 spiro atoms. The first-order chi connectivity index (χ1) is 9.15. The topological polar surface area (TPSA) is 0 Å². The molecule has 0 atom stereocenters. The van der Waals surface area contributed by atoms with Gasteiger partial charge >= 0.3 is 18.5 Å². The summed E-state index contributed by atoms with van der Waals surface area (Å²) in [7, 11) is 0. The lowest BCUT2D eigenvalue weighted by molar-refractivity contribution is -0.147. The second-order valence-corrected chi connectivity index (χ2v) is 7.11. The Labute approximate surface area is 122 Å². The van der Waals surface area contributed by atoms with Gasteiger partial charge in [-0.1, -0.05) is 22.5 Å². The minimum atomic E-state index is -5.47. The van der Waals surface area contributed by atoms with E-state index in [2.05, 4.69) is 0 Å². The first kappa shape index (κ1) is 18.6. The molecule has 1 aromatic carbocycles. The predicted molar refractivity (Wildman–Crippen MR) is 59.7 cm³/mol. The summed E-state index contributed by atoms with van der Waals surface area (Å²) in [4.78, 5) is 0. The maximum Gasteiger partial charge on any atom is 0.417 e. The summed E-state index contributed by atoms with van der Waals surface area (Å²) in [5.41, 5.74) is -6.39. The van der Waals surface area contributed by atoms with Gasteiger partial charge in [-0.15, -0.1) is 0 Å². The largest absolute Gasteiger partial charge is 0.417 e. The number of hydrogen-bond acceptors (Lipinski definition) is 0. The Morgan fingerprint density at radius 2 is 1.00 bits per heavy atom. The first-order valence-electron chi connectivity index (χ1n) is 4.67. The van der Waals surface area contributed by atoms with Crippen LogP contribution in [0.3, 0.4) is 0 Å². The van der Waals surface area contributed by atoms with Gasteiger partial charge in [-0.25, -0.2) is 0 Å². The molecule has 0 saturated heterocycles. The number of halogens is 11. The molecule has 1 rings (SSSR count). The van der Waals surface area contributed by atoms with Crippen molar-refractivity contribution in [2.45, 2.75) is 18.5 Å². The van der Waals surface area contributed by atoms with Crippen LogP contribution in [0.2, 0.25) is 0 Å². The lowest BCUT2D eigenvalue weighted by atomic mass is 10.0. The van der Waals surface area contributed by atoms with E-state index >= 15 is 0 Å². The molecule has 12 heteroatoms. The third kappa shape index (κ3) is 4.29. The van der Waals surface area contributed by atoms with Crippen LogP contribution in [0.4, 0.5) is 39.5 Å². The Bertz CT molecular complexity index is 494. The molecular weight excluding hydrogens is 381 g/mol. The molecule has 0 radical (unpaired) electrons. The number of benzene rings is 1. The van der Waals surface area contributed by atoms with Gasteiger partial charge in [0.25, 0.3) is 0 Å². The fraction of sp³-hybridized carbons (Fsp3) is 0.333. The van der Waals surface area contributed by atoms with Crippen molar-refractivity contribution in [3.05, 3.63) is 28.8 Å². The summed E-state index contributed by atoms with van der Waals surface area (Å²) in [5, 5.41) is -1.60. The van der Waals surface area contributed by atoms with E-state index in [4.69, 9.17) is 22.5 Å². The van der Waals surface area contributed by atoms with E-state index in [-0.39, 0.29) is 0 Å². The molecule has 1 aromatic rings. The van der Waals surface area contributed by atoms with Gasteiger partial charge < -0.3 is 0 Å². The molecule has 120 valence electrons. The second kappa shape index (κ2) is 5.66. The maximum atomic E-state index is 12.7. The predicted octanol–water partition coefficient (Wildman–Crippen LogP) is 6.16. The van der Waals surface area contributed by atoms with Gasteiger partial charge in [0.1, 0.15) is 6.63 Å². The maximum absolute atomic E-state index is 12.7. The van der Waals surface area contributed by atoms with Crippen molar-refractivity contribution in [1.82, 2.24) is 0 Å². The highest BCUT2D eigenvalue weighted by Crippen LogP contribution is 2.52. The van der Waals surface area contributed by atoms with Gasteiger partial charge in [0.15, 0.2) is 0 Å². The number of alkyl halides is 9. The third-order valence-corrected chi connectivity index (χ3v) is 4.05. The zero-order chi connectivity index (χ0) is 16.8. The SMILES string of the molecule is FC(F)(F)c1cc(C(F)(F)F)c(P(Cl)Cl)c(C(F)(F)F)c1. The number of hydrogen-bond donors (Lipinski definition) is 0. The quantitative estimate of drug-likeness (QED) is 0.403. The van der Waals surface area contributed by atoms with E-state index in [1.165, 1.54) is 0 Å². The minimum Gasteiger partial charge on any atom is -0.166 e. The van der Waals surface area contributed by atoms with Crippen molar-refractivity contribution in [1.29, 1.82) is 0 Å². The molecule has 0 nitrogen and oxygen atoms in total. The van der Waals surface area contributed by atoms with Crippen LogP contribution in [0.5, 0.6) is 0 Å². The fourth-order valence-electron chi connectivity index (χ4n) is 1.41. The smallest absolute Gasteiger partial charge is 0.166 e. The Balaban J connectivity index is 3.85. The molecule has 0 fully saturated rings. The van der Waals surface area contributed by atoms with E-state index in [1.807, 2.05) is 0 Å². The lowest BCUT2D eigenvalue weighted by Gasteiger charge is -2.21. The summed E-state index contributed by atoms with van der Waals surface area (Å²) < 4.78 is 114. The first-order valence-corrected chi connectivity index (χ1v) is 7.82. The summed E-state index contributed by atoms with van der Waals surface area (Å²) in [5.74, 6) is 0. The van der Waals surface area contributed by atoms with E-state index in [0.29, 0.717) is 0 Å². The van der Waals surface area contributed by atoms with E-state index in [1.54, 1.807) is 0 Å². The molecule has 0 bridgehead atoms. The standard InChI is InChI=1S/C9H2Cl2F9P/c10-21(11)6-4(8(15,16)17)1-3(7(12,13)14)2-5(6)9(18,19)20/h1-2H. The van der Waals surface area contributed by atoms with Gasteiger partial charge in [-0.2, -0.15) is 39.5 Å². The van der Waals surface area contributed by atoms with Crippen LogP contribution in [-0.4, -0.2) is 0 Å². The number of rotatable bonds is 1. The summed E-state index contributed by atoms with van der Waals surface area (Å²) in [6.45, 7) is -2.98. The van der Waals surface area contributed by atoms with Crippen molar-refractivity contribution in [2.75, 3.05) is 0 Å². The highest BCUT2D eigenvalue weighted by Gasteiger charge is 2.46. The van der Waals surface area contributed by atoms with E-state index < -0.39 is 59.3 Å². The van der Waals surface area contributed by atoms with Crippen LogP contribution >= 0.6 is 29.1 Å². The molecule has 0 aromatic heterocycles. The monoisotopic (exact) mass is 382 g/mol. The summed E-state index contributed by atoms with van der Waals surface area (Å²) >= 11 is 10.3. The van der Waals surface area contributed by atoms with Gasteiger partial charge in [0, 0.05) is 5.30 Å². The highest BCUT2D eigenvalue weighted by molar-refractivity contribution is 8.09. The zero-order valence-corrected chi connectivity index (χ0v) is 11.7. The summed E-state index contributed by atoms with van der Waals surface area (Å²) in [6.07, 6.45) is -16.3. The van der Waals surface area contributed by atoms with Gasteiger partial charge in [0.2, 0.25) is 0 Å². The Kier molecular flexibility index (Phi) is 5.03. The molecule has 0 unspecified atom stereocenters. The molecular formula is C9H2Cl2F9P. The Morgan fingerprint density at radius 3 is 1.19 bits per heavy atom. The Morgan fingerprint density at radius 1 is 0.667 bits per heavy atom. The Hall–Kier alpha value is -0.400. The third-order valence-electron chi connectivity index (χ3n) is 2.22. The fourth-order valence-corrected chi connectivity index (χ4v) is 3.25. The van der Waals surface area contributed by atoms with Gasteiger partial charge in [-0.3, -0.25) is 0 Å². The van der Waals surface area contributed by atoms with Crippen molar-refractivity contribution in [3.63, 3.8) is 0 Å². The minimum absolute atomic E-state index is 0.440. The second-order valence-electron chi connectivity index (χ2n) is 3.65. The molecule has 0 amide bonds. The van der Waals surface area contributed by atoms with Crippen LogP contribution in [-0.2, 0) is 18.5 Å². The van der Waals surface area contributed by atoms with Crippen LogP contribution in [0.25, 0.3) is 0 Å². The van der Waals surface area contributed by atoms with Crippen LogP contribution in [0.1, 0.15) is 16.7 Å². The van der Waals surface area contributed by atoms with Crippen molar-refractivity contribution >= 4 is 34.4 Å². The van der Waals surface area contributed by atoms with E-state index in [0.717, 1.165) is 0 Å².